The number of nitrogens with zero attached hydrogens (tertiary/aromatic N) is 1. The summed E-state index contributed by atoms with van der Waals surface area (Å²) in [6.07, 6.45) is 4.93. The Labute approximate surface area is 193 Å². The van der Waals surface area contributed by atoms with Gasteiger partial charge in [-0.05, 0) is 49.8 Å². The maximum absolute atomic E-state index is 12.5. The molecular formula is C28H25NO4. The Morgan fingerprint density at radius 2 is 1.67 bits per heavy atom. The van der Waals surface area contributed by atoms with Crippen molar-refractivity contribution in [3.8, 4) is 23.0 Å². The molecule has 0 spiro atoms. The minimum Gasteiger partial charge on any atom is -0.489 e. The zero-order valence-electron chi connectivity index (χ0n) is 18.7. The van der Waals surface area contributed by atoms with Gasteiger partial charge in [0.15, 0.2) is 5.78 Å². The average molecular weight is 440 g/mol. The number of ether oxygens (including phenoxy) is 2. The number of benzene rings is 3. The van der Waals surface area contributed by atoms with E-state index in [1.165, 1.54) is 0 Å². The zero-order valence-corrected chi connectivity index (χ0v) is 18.7. The fourth-order valence-electron chi connectivity index (χ4n) is 3.49. The number of ketones is 1. The lowest BCUT2D eigenvalue weighted by Crippen LogP contribution is -2.07. The molecule has 166 valence electrons. The second-order valence-electron chi connectivity index (χ2n) is 7.54. The van der Waals surface area contributed by atoms with E-state index in [0.717, 1.165) is 16.7 Å². The highest BCUT2D eigenvalue weighted by molar-refractivity contribution is 6.06. The molecule has 0 aliphatic heterocycles. The van der Waals surface area contributed by atoms with Crippen molar-refractivity contribution in [2.45, 2.75) is 27.1 Å². The van der Waals surface area contributed by atoms with Gasteiger partial charge in [0.05, 0.1) is 0 Å². The van der Waals surface area contributed by atoms with Crippen molar-refractivity contribution in [1.82, 2.24) is 4.98 Å². The molecule has 0 bridgehead atoms. The minimum absolute atomic E-state index is 0.0197. The van der Waals surface area contributed by atoms with Gasteiger partial charge in [-0.3, -0.25) is 4.79 Å². The fraction of sp³-hybridized carbons (Fsp3) is 0.143. The molecule has 33 heavy (non-hydrogen) atoms. The molecule has 5 nitrogen and oxygen atoms in total. The Morgan fingerprint density at radius 3 is 2.42 bits per heavy atom. The van der Waals surface area contributed by atoms with Crippen LogP contribution in [-0.4, -0.2) is 10.8 Å². The van der Waals surface area contributed by atoms with Crippen LogP contribution in [0, 0.1) is 6.92 Å². The summed E-state index contributed by atoms with van der Waals surface area (Å²) in [7, 11) is 0. The molecule has 4 rings (SSSR count). The van der Waals surface area contributed by atoms with Gasteiger partial charge in [-0.1, -0.05) is 48.5 Å². The number of oxazole rings is 1. The topological polar surface area (TPSA) is 61.6 Å². The minimum atomic E-state index is -0.0197. The molecular weight excluding hydrogens is 414 g/mol. The summed E-state index contributed by atoms with van der Waals surface area (Å²) in [4.78, 5) is 17.0. The van der Waals surface area contributed by atoms with Crippen molar-refractivity contribution in [3.05, 3.63) is 114 Å². The summed E-state index contributed by atoms with van der Waals surface area (Å²) >= 11 is 0. The number of aromatic nitrogens is 1. The molecule has 5 heteroatoms. The van der Waals surface area contributed by atoms with Crippen molar-refractivity contribution in [3.63, 3.8) is 0 Å². The van der Waals surface area contributed by atoms with Gasteiger partial charge in [-0.25, -0.2) is 4.98 Å². The number of carbonyl (C=O) groups is 1. The maximum atomic E-state index is 12.5. The molecule has 0 N–H and O–H groups in total. The Balaban J connectivity index is 1.40. The molecule has 3 aromatic carbocycles. The van der Waals surface area contributed by atoms with Gasteiger partial charge in [0, 0.05) is 22.8 Å². The lowest BCUT2D eigenvalue weighted by atomic mass is 9.98. The first-order valence-electron chi connectivity index (χ1n) is 10.7. The van der Waals surface area contributed by atoms with Crippen LogP contribution in [0.25, 0.3) is 11.5 Å². The van der Waals surface area contributed by atoms with Gasteiger partial charge in [-0.2, -0.15) is 0 Å². The van der Waals surface area contributed by atoms with Crippen LogP contribution in [0.3, 0.4) is 0 Å². The highest BCUT2D eigenvalue weighted by Gasteiger charge is 2.13. The molecule has 1 heterocycles. The normalized spacial score (nSPS) is 11.0. The molecule has 0 saturated heterocycles. The number of hydrogen-bond donors (Lipinski definition) is 0. The number of rotatable bonds is 9. The number of hydrogen-bond acceptors (Lipinski definition) is 5. The summed E-state index contributed by atoms with van der Waals surface area (Å²) in [6, 6.07) is 22.9. The van der Waals surface area contributed by atoms with E-state index in [-0.39, 0.29) is 19.0 Å². The van der Waals surface area contributed by atoms with E-state index in [0.29, 0.717) is 28.6 Å². The summed E-state index contributed by atoms with van der Waals surface area (Å²) in [5.74, 6) is 1.86. The Kier molecular flexibility index (Phi) is 7.00. The molecule has 0 radical (unpaired) electrons. The monoisotopic (exact) mass is 439 g/mol. The van der Waals surface area contributed by atoms with Gasteiger partial charge in [0.25, 0.3) is 0 Å². The average Bonchev–Trinajstić information content (AvgIpc) is 3.31. The highest BCUT2D eigenvalue weighted by Crippen LogP contribution is 2.24. The largest absolute Gasteiger partial charge is 0.489 e. The van der Waals surface area contributed by atoms with Crippen molar-refractivity contribution < 1.29 is 18.7 Å². The van der Waals surface area contributed by atoms with Crippen LogP contribution in [-0.2, 0) is 13.2 Å². The molecule has 0 aliphatic rings. The van der Waals surface area contributed by atoms with Gasteiger partial charge >= 0.3 is 0 Å². The molecule has 0 aliphatic carbocycles. The molecule has 0 saturated carbocycles. The predicted octanol–water partition coefficient (Wildman–Crippen LogP) is 6.57. The third-order valence-electron chi connectivity index (χ3n) is 5.08. The van der Waals surface area contributed by atoms with Gasteiger partial charge in [0.2, 0.25) is 5.89 Å². The molecule has 0 unspecified atom stereocenters. The zero-order chi connectivity index (χ0) is 23.0. The summed E-state index contributed by atoms with van der Waals surface area (Å²) < 4.78 is 17.4. The van der Waals surface area contributed by atoms with E-state index < -0.39 is 0 Å². The van der Waals surface area contributed by atoms with Crippen LogP contribution >= 0.6 is 0 Å². The van der Waals surface area contributed by atoms with Gasteiger partial charge in [0.1, 0.15) is 36.7 Å². The lowest BCUT2D eigenvalue weighted by molar-refractivity contribution is 0.104. The van der Waals surface area contributed by atoms with E-state index in [1.807, 2.05) is 86.6 Å². The standard InChI is InChI=1S/C28H25NO4/c1-3-9-26(30)27-20(2)10-7-13-22(27)17-31-24-14-8-15-25(16-24)32-18-23-19-33-28(29-23)21-11-5-4-6-12-21/h3-16,19H,17-18H2,1-2H3/b9-3+. The Hall–Kier alpha value is -4.12. The maximum Gasteiger partial charge on any atom is 0.226 e. The third kappa shape index (κ3) is 5.57. The quantitative estimate of drug-likeness (QED) is 0.218. The number of allylic oxidation sites excluding steroid dienone is 2. The van der Waals surface area contributed by atoms with Crippen molar-refractivity contribution >= 4 is 5.78 Å². The molecule has 4 aromatic rings. The summed E-state index contributed by atoms with van der Waals surface area (Å²) in [6.45, 7) is 4.33. The van der Waals surface area contributed by atoms with Crippen molar-refractivity contribution in [1.29, 1.82) is 0 Å². The molecule has 1 aromatic heterocycles. The van der Waals surface area contributed by atoms with Gasteiger partial charge < -0.3 is 13.9 Å². The van der Waals surface area contributed by atoms with Crippen LogP contribution < -0.4 is 9.47 Å². The SMILES string of the molecule is C/C=C/C(=O)c1c(C)cccc1COc1cccc(OCc2coc(-c3ccccc3)n2)c1. The number of aryl methyl sites for hydroxylation is 1. The first kappa shape index (κ1) is 22.1. The predicted molar refractivity (Wildman–Crippen MR) is 127 cm³/mol. The van der Waals surface area contributed by atoms with E-state index >= 15 is 0 Å². The van der Waals surface area contributed by atoms with E-state index in [1.54, 1.807) is 18.4 Å². The molecule has 0 amide bonds. The van der Waals surface area contributed by atoms with E-state index in [2.05, 4.69) is 4.98 Å². The van der Waals surface area contributed by atoms with Crippen LogP contribution in [0.1, 0.15) is 34.1 Å². The van der Waals surface area contributed by atoms with Crippen LogP contribution in [0.2, 0.25) is 0 Å². The second-order valence-corrected chi connectivity index (χ2v) is 7.54. The van der Waals surface area contributed by atoms with Crippen molar-refractivity contribution in [2.75, 3.05) is 0 Å². The first-order valence-corrected chi connectivity index (χ1v) is 10.7. The second kappa shape index (κ2) is 10.5. The van der Waals surface area contributed by atoms with E-state index in [9.17, 15) is 4.79 Å². The van der Waals surface area contributed by atoms with Crippen LogP contribution in [0.4, 0.5) is 0 Å². The Bertz CT molecular complexity index is 1260. The fourth-order valence-corrected chi connectivity index (χ4v) is 3.49. The smallest absolute Gasteiger partial charge is 0.226 e. The highest BCUT2D eigenvalue weighted by atomic mass is 16.5. The summed E-state index contributed by atoms with van der Waals surface area (Å²) in [5.41, 5.74) is 4.08. The van der Waals surface area contributed by atoms with Gasteiger partial charge in [-0.15, -0.1) is 0 Å². The number of carbonyl (C=O) groups excluding carboxylic acids is 1. The van der Waals surface area contributed by atoms with Crippen LogP contribution in [0.5, 0.6) is 11.5 Å². The summed E-state index contributed by atoms with van der Waals surface area (Å²) in [5, 5.41) is 0. The van der Waals surface area contributed by atoms with Crippen LogP contribution in [0.15, 0.2) is 95.6 Å². The molecule has 0 fully saturated rings. The lowest BCUT2D eigenvalue weighted by Gasteiger charge is -2.12. The Morgan fingerprint density at radius 1 is 0.939 bits per heavy atom. The van der Waals surface area contributed by atoms with Crippen molar-refractivity contribution in [2.24, 2.45) is 0 Å². The third-order valence-corrected chi connectivity index (χ3v) is 5.08. The van der Waals surface area contributed by atoms with E-state index in [4.69, 9.17) is 13.9 Å². The first-order chi connectivity index (χ1) is 16.1. The molecule has 0 atom stereocenters.